The molecule has 1 atom stereocenters. The third-order valence-electron chi connectivity index (χ3n) is 6.00. The minimum Gasteiger partial charge on any atom is -0.372 e. The summed E-state index contributed by atoms with van der Waals surface area (Å²) in [7, 11) is 0. The number of carbonyl (C=O) groups excluding carboxylic acids is 2. The van der Waals surface area contributed by atoms with Crippen LogP contribution in [0.5, 0.6) is 0 Å². The van der Waals surface area contributed by atoms with Gasteiger partial charge in [-0.3, -0.25) is 19.8 Å². The van der Waals surface area contributed by atoms with Crippen molar-refractivity contribution < 1.29 is 9.59 Å². The van der Waals surface area contributed by atoms with Crippen molar-refractivity contribution in [2.24, 2.45) is 5.92 Å². The van der Waals surface area contributed by atoms with Gasteiger partial charge in [0.15, 0.2) is 0 Å². The fourth-order valence-electron chi connectivity index (χ4n) is 4.28. The summed E-state index contributed by atoms with van der Waals surface area (Å²) < 4.78 is 0. The predicted octanol–water partition coefficient (Wildman–Crippen LogP) is 0.420. The van der Waals surface area contributed by atoms with Crippen LogP contribution in [0.15, 0.2) is 18.3 Å². The van der Waals surface area contributed by atoms with E-state index >= 15 is 0 Å². The number of amides is 2. The Morgan fingerprint density at radius 2 is 1.86 bits per heavy atom. The number of carbonyl (C=O) groups is 2. The second-order valence-corrected chi connectivity index (χ2v) is 8.03. The van der Waals surface area contributed by atoms with Gasteiger partial charge in [0.25, 0.3) is 0 Å². The molecule has 1 aromatic heterocycles. The molecule has 28 heavy (non-hydrogen) atoms. The number of hydrogen-bond donors (Lipinski definition) is 3. The van der Waals surface area contributed by atoms with Crippen LogP contribution in [0.25, 0.3) is 0 Å². The quantitative estimate of drug-likeness (QED) is 0.632. The Kier molecular flexibility index (Phi) is 6.07. The summed E-state index contributed by atoms with van der Waals surface area (Å²) in [5.74, 6) is 1.36. The molecule has 0 saturated carbocycles. The van der Waals surface area contributed by atoms with Crippen LogP contribution >= 0.6 is 0 Å². The topological polar surface area (TPSA) is 89.6 Å². The third-order valence-corrected chi connectivity index (χ3v) is 6.00. The van der Waals surface area contributed by atoms with Gasteiger partial charge in [-0.2, -0.15) is 0 Å². The summed E-state index contributed by atoms with van der Waals surface area (Å²) in [6, 6.07) is 3.60. The van der Waals surface area contributed by atoms with E-state index in [0.29, 0.717) is 12.8 Å². The zero-order valence-electron chi connectivity index (χ0n) is 16.3. The highest BCUT2D eigenvalue weighted by Crippen LogP contribution is 2.20. The van der Waals surface area contributed by atoms with E-state index in [0.717, 1.165) is 56.7 Å². The lowest BCUT2D eigenvalue weighted by atomic mass is 9.97. The molecule has 4 heterocycles. The van der Waals surface area contributed by atoms with E-state index in [9.17, 15) is 9.59 Å². The van der Waals surface area contributed by atoms with E-state index in [2.05, 4.69) is 30.7 Å². The molecule has 0 bridgehead atoms. The van der Waals surface area contributed by atoms with Gasteiger partial charge in [0, 0.05) is 39.1 Å². The van der Waals surface area contributed by atoms with Crippen LogP contribution in [-0.2, 0) is 9.59 Å². The maximum Gasteiger partial charge on any atom is 0.249 e. The largest absolute Gasteiger partial charge is 0.372 e. The third kappa shape index (κ3) is 4.80. The van der Waals surface area contributed by atoms with Crippen LogP contribution in [0.1, 0.15) is 25.7 Å². The number of imide groups is 1. The molecule has 4 rings (SSSR count). The lowest BCUT2D eigenvalue weighted by molar-refractivity contribution is -0.133. The number of piperazine rings is 1. The molecule has 8 heteroatoms. The van der Waals surface area contributed by atoms with Gasteiger partial charge in [-0.1, -0.05) is 0 Å². The Bertz CT molecular complexity index is 680. The van der Waals surface area contributed by atoms with Crippen LogP contribution in [0.4, 0.5) is 11.5 Å². The van der Waals surface area contributed by atoms with Crippen molar-refractivity contribution in [1.29, 1.82) is 0 Å². The summed E-state index contributed by atoms with van der Waals surface area (Å²) in [6.07, 6.45) is 5.26. The van der Waals surface area contributed by atoms with Crippen molar-refractivity contribution in [2.75, 3.05) is 56.0 Å². The smallest absolute Gasteiger partial charge is 0.249 e. The SMILES string of the molecule is O=C1CCC(Nc2ccc(N3CCN(CC4CCNCC4)CC3)nc2)C(=O)N1. The Labute approximate surface area is 166 Å². The lowest BCUT2D eigenvalue weighted by Gasteiger charge is -2.37. The number of pyridine rings is 1. The molecule has 3 aliphatic rings. The van der Waals surface area contributed by atoms with Crippen LogP contribution < -0.4 is 20.9 Å². The van der Waals surface area contributed by atoms with Crippen molar-refractivity contribution in [3.8, 4) is 0 Å². The van der Waals surface area contributed by atoms with E-state index in [1.54, 1.807) is 6.20 Å². The minimum atomic E-state index is -0.371. The van der Waals surface area contributed by atoms with E-state index in [-0.39, 0.29) is 17.9 Å². The van der Waals surface area contributed by atoms with E-state index in [4.69, 9.17) is 0 Å². The van der Waals surface area contributed by atoms with Crippen molar-refractivity contribution in [3.05, 3.63) is 18.3 Å². The summed E-state index contributed by atoms with van der Waals surface area (Å²) in [5, 5.41) is 8.98. The van der Waals surface area contributed by atoms with Gasteiger partial charge in [0.1, 0.15) is 11.9 Å². The van der Waals surface area contributed by atoms with Crippen molar-refractivity contribution in [1.82, 2.24) is 20.5 Å². The molecule has 0 aliphatic carbocycles. The Balaban J connectivity index is 1.25. The molecule has 3 saturated heterocycles. The Hall–Kier alpha value is -2.19. The number of nitrogens with zero attached hydrogens (tertiary/aromatic N) is 3. The molecule has 152 valence electrons. The maximum absolute atomic E-state index is 11.9. The molecule has 3 fully saturated rings. The van der Waals surface area contributed by atoms with Crippen LogP contribution in [0, 0.1) is 5.92 Å². The number of hydrogen-bond acceptors (Lipinski definition) is 7. The molecule has 0 spiro atoms. The number of anilines is 2. The number of rotatable bonds is 5. The summed E-state index contributed by atoms with van der Waals surface area (Å²) >= 11 is 0. The summed E-state index contributed by atoms with van der Waals surface area (Å²) in [4.78, 5) is 32.6. The van der Waals surface area contributed by atoms with Gasteiger partial charge >= 0.3 is 0 Å². The van der Waals surface area contributed by atoms with Crippen molar-refractivity contribution in [3.63, 3.8) is 0 Å². The molecule has 1 unspecified atom stereocenters. The highest BCUT2D eigenvalue weighted by atomic mass is 16.2. The molecule has 8 nitrogen and oxygen atoms in total. The molecule has 3 N–H and O–H groups in total. The molecular weight excluding hydrogens is 356 g/mol. The van der Waals surface area contributed by atoms with Crippen molar-refractivity contribution in [2.45, 2.75) is 31.7 Å². The zero-order chi connectivity index (χ0) is 19.3. The lowest BCUT2D eigenvalue weighted by Crippen LogP contribution is -2.49. The summed E-state index contributed by atoms with van der Waals surface area (Å²) in [5.41, 5.74) is 0.808. The average Bonchev–Trinajstić information content (AvgIpc) is 2.72. The highest BCUT2D eigenvalue weighted by molar-refractivity contribution is 6.01. The maximum atomic E-state index is 11.9. The van der Waals surface area contributed by atoms with Gasteiger partial charge < -0.3 is 15.5 Å². The standard InChI is InChI=1S/C20H30N6O2/c27-19-4-2-17(20(28)24-19)23-16-1-3-18(22-13-16)26-11-9-25(10-12-26)14-15-5-7-21-8-6-15/h1,3,13,15,17,21,23H,2,4-12,14H2,(H,24,27,28). The molecule has 0 radical (unpaired) electrons. The second-order valence-electron chi connectivity index (χ2n) is 8.03. The van der Waals surface area contributed by atoms with E-state index in [1.165, 1.54) is 19.4 Å². The minimum absolute atomic E-state index is 0.198. The van der Waals surface area contributed by atoms with Gasteiger partial charge in [-0.05, 0) is 50.4 Å². The number of aromatic nitrogens is 1. The van der Waals surface area contributed by atoms with Crippen molar-refractivity contribution >= 4 is 23.3 Å². The Morgan fingerprint density at radius 1 is 1.07 bits per heavy atom. The summed E-state index contributed by atoms with van der Waals surface area (Å²) in [6.45, 7) is 7.71. The normalized spacial score (nSPS) is 24.9. The first-order valence-electron chi connectivity index (χ1n) is 10.4. The molecule has 2 amide bonds. The molecular formula is C20H30N6O2. The Morgan fingerprint density at radius 3 is 2.54 bits per heavy atom. The first kappa shape index (κ1) is 19.1. The number of nitrogens with one attached hydrogen (secondary N) is 3. The van der Waals surface area contributed by atoms with Crippen LogP contribution in [0.2, 0.25) is 0 Å². The van der Waals surface area contributed by atoms with Crippen LogP contribution in [-0.4, -0.2) is 73.6 Å². The average molecular weight is 387 g/mol. The van der Waals surface area contributed by atoms with Gasteiger partial charge in [-0.15, -0.1) is 0 Å². The zero-order valence-corrected chi connectivity index (χ0v) is 16.3. The molecule has 0 aromatic carbocycles. The predicted molar refractivity (Wildman–Crippen MR) is 108 cm³/mol. The van der Waals surface area contributed by atoms with E-state index < -0.39 is 0 Å². The second kappa shape index (κ2) is 8.87. The highest BCUT2D eigenvalue weighted by Gasteiger charge is 2.26. The van der Waals surface area contributed by atoms with Gasteiger partial charge in [-0.25, -0.2) is 4.98 Å². The molecule has 1 aromatic rings. The molecule has 3 aliphatic heterocycles. The first-order valence-corrected chi connectivity index (χ1v) is 10.4. The fraction of sp³-hybridized carbons (Fsp3) is 0.650. The van der Waals surface area contributed by atoms with E-state index in [1.807, 2.05) is 12.1 Å². The number of piperidine rings is 2. The fourth-order valence-corrected chi connectivity index (χ4v) is 4.28. The van der Waals surface area contributed by atoms with Gasteiger partial charge in [0.2, 0.25) is 11.8 Å². The van der Waals surface area contributed by atoms with Crippen LogP contribution in [0.3, 0.4) is 0 Å². The monoisotopic (exact) mass is 386 g/mol. The van der Waals surface area contributed by atoms with Gasteiger partial charge in [0.05, 0.1) is 11.9 Å². The first-order chi connectivity index (χ1) is 13.7.